The Morgan fingerprint density at radius 2 is 1.01 bits per heavy atom. The molecule has 6 heterocycles. The second-order valence-corrected chi connectivity index (χ2v) is 37.1. The molecule has 135 heavy (non-hydrogen) atoms. The van der Waals surface area contributed by atoms with Gasteiger partial charge >= 0.3 is 11.9 Å². The summed E-state index contributed by atoms with van der Waals surface area (Å²) < 4.78 is 0. The van der Waals surface area contributed by atoms with Gasteiger partial charge in [0.1, 0.15) is 102 Å². The lowest BCUT2D eigenvalue weighted by Crippen LogP contribution is -2.63. The summed E-state index contributed by atoms with van der Waals surface area (Å²) in [5, 5.41) is 94.7. The predicted octanol–water partition coefficient (Wildman–Crippen LogP) is -11.4. The van der Waals surface area contributed by atoms with Crippen molar-refractivity contribution >= 4 is 176 Å². The number of aromatic nitrogens is 1. The Labute approximate surface area is 784 Å². The molecule has 0 spiro atoms. The SMILES string of the molecule is CC(C)C[C@@H]1NC(=O)[C@@H]2CCCN2C(=O)CNC(=O)[C@H](Cc2ccc(O)cc2)NC(=O)[C@@H]2CNCCCC[C@@H](C(=O)O)NC(=O)[C@@H]3NC(=O)[C@H](CC(N)=O)NC(=O)CNC(=O)[C@H]([C@@H](O)C(=O)O)NC(=O)[C@@H]4CSC[C@@H](NC(=O)[C@H](CC(N)=O)NC(=O)[C@H](C)NC(=O)[C@@H](N)CS[C@H]3C)C(=O)N[C@@H](CS[C@@H](C)[C@@H](NC1=O)C(=O)NC(Cc1c[nH]c3ccccc13)C(=O)N[C@@H](CO)C(=O)N4)C(=O)N2. The number of carboxylic acids is 2. The van der Waals surface area contributed by atoms with Crippen molar-refractivity contribution in [3.63, 3.8) is 0 Å². The van der Waals surface area contributed by atoms with Crippen LogP contribution in [0.1, 0.15) is 97.1 Å². The number of carbonyl (C=O) groups is 22. The molecule has 738 valence electrons. The molecule has 2 aromatic carbocycles. The van der Waals surface area contributed by atoms with E-state index in [0.717, 1.165) is 11.8 Å². The molecule has 53 heteroatoms. The van der Waals surface area contributed by atoms with Crippen LogP contribution < -0.4 is 113 Å². The van der Waals surface area contributed by atoms with Gasteiger partial charge < -0.3 is 148 Å². The van der Waals surface area contributed by atoms with E-state index >= 15 is 43.2 Å². The first-order valence-electron chi connectivity index (χ1n) is 43.2. The number of nitrogens with one attached hydrogen (secondary N) is 19. The molecule has 0 radical (unpaired) electrons. The number of hydrogen-bond acceptors (Lipinski definition) is 30. The van der Waals surface area contributed by atoms with Crippen LogP contribution in [0.4, 0.5) is 0 Å². The number of aromatic hydroxyl groups is 1. The maximum atomic E-state index is 16.0. The average Bonchev–Trinajstić information content (AvgIpc) is 1.72. The highest BCUT2D eigenvalue weighted by molar-refractivity contribution is 8.00. The number of phenolic OH excluding ortho intramolecular Hbond substituents is 1. The van der Waals surface area contributed by atoms with Crippen molar-refractivity contribution in [2.75, 3.05) is 62.3 Å². The quantitative estimate of drug-likeness (QED) is 0.0667. The van der Waals surface area contributed by atoms with Gasteiger partial charge in [-0.25, -0.2) is 9.59 Å². The lowest BCUT2D eigenvalue weighted by atomic mass is 10.0. The van der Waals surface area contributed by atoms with Crippen molar-refractivity contribution in [2.45, 2.75) is 218 Å². The number of phenols is 1. The van der Waals surface area contributed by atoms with E-state index in [2.05, 4.69) is 90.1 Å². The van der Waals surface area contributed by atoms with Gasteiger partial charge in [0.15, 0.2) is 6.10 Å². The number of nitrogens with zero attached hydrogens (tertiary/aromatic N) is 1. The van der Waals surface area contributed by atoms with Crippen LogP contribution >= 0.6 is 35.3 Å². The number of amides is 20. The van der Waals surface area contributed by atoms with Gasteiger partial charge in [0.2, 0.25) is 118 Å². The molecule has 5 aliphatic rings. The topological polar surface area (TPSA) is 790 Å². The van der Waals surface area contributed by atoms with Gasteiger partial charge in [-0.15, -0.1) is 0 Å². The fourth-order valence-corrected chi connectivity index (χ4v) is 18.0. The molecule has 1 unspecified atom stereocenters. The first-order valence-corrected chi connectivity index (χ1v) is 46.5. The number of para-hydroxylation sites is 1. The lowest BCUT2D eigenvalue weighted by molar-refractivity contribution is -0.152. The first-order chi connectivity index (χ1) is 63.9. The number of nitrogens with two attached hydrogens (primary N) is 3. The van der Waals surface area contributed by atoms with Crippen molar-refractivity contribution in [3.8, 4) is 5.75 Å². The number of H-pyrrole nitrogens is 1. The van der Waals surface area contributed by atoms with E-state index in [1.807, 2.05) is 10.6 Å². The Kier molecular flexibility index (Phi) is 40.5. The number of carboxylic acid groups (broad SMARTS) is 2. The van der Waals surface area contributed by atoms with Crippen molar-refractivity contribution in [1.29, 1.82) is 0 Å². The molecule has 1 aromatic heterocycles. The fraction of sp³-hybridized carbons (Fsp3) is 0.561. The largest absolute Gasteiger partial charge is 0.508 e. The van der Waals surface area contributed by atoms with Crippen LogP contribution in [0, 0.1) is 5.92 Å². The highest BCUT2D eigenvalue weighted by Gasteiger charge is 2.45. The molecule has 20 amide bonds. The van der Waals surface area contributed by atoms with Crippen LogP contribution in [-0.4, -0.2) is 347 Å². The highest BCUT2D eigenvalue weighted by atomic mass is 32.2. The smallest absolute Gasteiger partial charge is 0.335 e. The van der Waals surface area contributed by atoms with Crippen LogP contribution in [0.15, 0.2) is 54.7 Å². The van der Waals surface area contributed by atoms with Crippen LogP contribution in [0.2, 0.25) is 0 Å². The molecule has 20 atom stereocenters. The minimum absolute atomic E-state index is 0.0271. The summed E-state index contributed by atoms with van der Waals surface area (Å²) in [5.41, 5.74) is 18.7. The molecule has 0 aliphatic carbocycles. The Hall–Kier alpha value is -13.0. The number of benzene rings is 2. The number of rotatable bonds is 14. The Morgan fingerprint density at radius 3 is 1.64 bits per heavy atom. The average molecular weight is 1950 g/mol. The van der Waals surface area contributed by atoms with Gasteiger partial charge in [0, 0.05) is 76.5 Å². The van der Waals surface area contributed by atoms with Gasteiger partial charge in [0.25, 0.3) is 0 Å². The Balaban J connectivity index is 1.40. The third-order valence-electron chi connectivity index (χ3n) is 22.3. The maximum Gasteiger partial charge on any atom is 0.335 e. The van der Waals surface area contributed by atoms with Gasteiger partial charge in [-0.2, -0.15) is 35.3 Å². The molecule has 3 aromatic rings. The van der Waals surface area contributed by atoms with E-state index < -0.39 is 337 Å². The number of fused-ring (bicyclic) bond motifs is 23. The third kappa shape index (κ3) is 31.8. The fourth-order valence-electron chi connectivity index (χ4n) is 14.8. The number of aliphatic carboxylic acids is 2. The summed E-state index contributed by atoms with van der Waals surface area (Å²) in [6.45, 7) is 2.60. The molecule has 5 aliphatic heterocycles. The van der Waals surface area contributed by atoms with E-state index in [-0.39, 0.29) is 56.5 Å². The number of aliphatic hydroxyl groups excluding tert-OH is 2. The zero-order valence-corrected chi connectivity index (χ0v) is 76.5. The second kappa shape index (κ2) is 50.9. The zero-order valence-electron chi connectivity index (χ0n) is 74.1. The molecule has 0 saturated carbocycles. The first kappa shape index (κ1) is 107. The van der Waals surface area contributed by atoms with E-state index in [0.29, 0.717) is 51.8 Å². The molecule has 5 fully saturated rings. The van der Waals surface area contributed by atoms with E-state index in [1.54, 1.807) is 38.1 Å². The second-order valence-electron chi connectivity index (χ2n) is 33.2. The van der Waals surface area contributed by atoms with Crippen molar-refractivity contribution in [1.82, 2.24) is 106 Å². The number of carbonyl (C=O) groups excluding carboxylic acids is 20. The normalized spacial score (nSPS) is 29.0. The van der Waals surface area contributed by atoms with E-state index in [4.69, 9.17) is 17.2 Å². The standard InChI is InChI=1S/C82H115N23O27S3/c1-35(2)21-46-70(118)102-62-38(5)135-34-55-75(123)97-51(72(120)94-47(22-39-15-17-41(107)18-16-39)67(115)89-29-60(111)105-20-10-14-56(105)77(125)95-46)27-86-19-9-8-13-45(81(129)130)92-79(127)61-37(4)134-31-43(83)66(114)90-36(3)65(113)93-50(25-58(85)109)69(117)99-53(74(122)101-55)32-133-33-54(76(124)104-63(64(112)82(131)132)78(126)88-28-59(110)91-49(24-57(84)108)71(119)103-61)100-73(121)52(30-106)98-68(116)48(96-80(62)128)23-40-26-87-44-12-7-6-11-42(40)44/h6-7,11-12,15-18,26,35-38,43,45-56,61-64,86-87,106-107,112H,8-10,13-14,19-25,27-34,83H2,1-5H3,(H2,84,108)(H2,85,109)(H,88,126)(H,89,115)(H,90,114)(H,91,110)(H,92,127)(H,93,113)(H,94,120)(H,95,125)(H,96,128)(H,97,123)(H,98,116)(H,99,117)(H,100,121)(H,101,122)(H,102,118)(H,103,119)(H,104,124)(H,129,130)(H,131,132)/t36-,37-,38-,43-,45-,46-,47-,48?,49-,50-,51-,52-,53+,54-,55-,56-,61+,62+,63-,64+/m0/s1. The monoisotopic (exact) mass is 1950 g/mol. The summed E-state index contributed by atoms with van der Waals surface area (Å²) in [4.78, 5) is 325. The third-order valence-corrected chi connectivity index (χ3v) is 26.1. The minimum atomic E-state index is -3.02. The van der Waals surface area contributed by atoms with Crippen LogP contribution in [0.5, 0.6) is 5.75 Å². The molecule has 50 nitrogen and oxygen atoms in total. The molecular weight excluding hydrogens is 1840 g/mol. The van der Waals surface area contributed by atoms with Crippen LogP contribution in [-0.2, 0) is 118 Å². The molecule has 30 N–H and O–H groups in total. The van der Waals surface area contributed by atoms with Crippen molar-refractivity contribution in [2.24, 2.45) is 23.1 Å². The van der Waals surface area contributed by atoms with E-state index in [1.165, 1.54) is 44.3 Å². The van der Waals surface area contributed by atoms with Crippen LogP contribution in [0.25, 0.3) is 10.9 Å². The van der Waals surface area contributed by atoms with Gasteiger partial charge in [-0.05, 0) is 87.2 Å². The Bertz CT molecular complexity index is 4920. The summed E-state index contributed by atoms with van der Waals surface area (Å²) in [6.07, 6.45) is -5.23. The van der Waals surface area contributed by atoms with Crippen molar-refractivity contribution in [3.05, 3.63) is 65.9 Å². The molecule has 5 saturated heterocycles. The minimum Gasteiger partial charge on any atom is -0.508 e. The maximum absolute atomic E-state index is 16.0. The summed E-state index contributed by atoms with van der Waals surface area (Å²) in [6, 6.07) is -21.7. The van der Waals surface area contributed by atoms with Crippen molar-refractivity contribution < 1.29 is 131 Å². The van der Waals surface area contributed by atoms with Gasteiger partial charge in [-0.1, -0.05) is 58.0 Å². The van der Waals surface area contributed by atoms with Gasteiger partial charge in [0.05, 0.1) is 38.6 Å². The van der Waals surface area contributed by atoms with Crippen LogP contribution in [0.3, 0.4) is 0 Å². The summed E-state index contributed by atoms with van der Waals surface area (Å²) >= 11 is 1.69. The number of primary amides is 2. The number of aliphatic hydroxyl groups is 2. The summed E-state index contributed by atoms with van der Waals surface area (Å²) in [7, 11) is 0. The number of hydrogen-bond donors (Lipinski definition) is 27. The number of aromatic amines is 1. The molecular formula is C82H115N23O27S3. The number of thioether (sulfide) groups is 3. The van der Waals surface area contributed by atoms with Gasteiger partial charge in [-0.3, -0.25) is 95.9 Å². The van der Waals surface area contributed by atoms with E-state index in [9.17, 15) is 87.9 Å². The Morgan fingerprint density at radius 1 is 0.496 bits per heavy atom. The highest BCUT2D eigenvalue weighted by Crippen LogP contribution is 2.25. The zero-order chi connectivity index (χ0) is 99.4. The lowest BCUT2D eigenvalue weighted by Gasteiger charge is -2.32. The molecule has 8 rings (SSSR count). The summed E-state index contributed by atoms with van der Waals surface area (Å²) in [5.74, 6) is -33.7. The predicted molar refractivity (Wildman–Crippen MR) is 481 cm³/mol. The molecule has 6 bridgehead atoms.